The molecule has 13 heavy (non-hydrogen) atoms. The number of rotatable bonds is 2. The van der Waals surface area contributed by atoms with Gasteiger partial charge >= 0.3 is 6.03 Å². The van der Waals surface area contributed by atoms with Crippen LogP contribution in [0.4, 0.5) is 4.79 Å². The number of hydroxylamine groups is 2. The molecular formula is C8H14N2O3. The minimum absolute atomic E-state index is 0.0103. The van der Waals surface area contributed by atoms with Crippen LogP contribution in [0.1, 0.15) is 12.8 Å². The molecule has 1 N–H and O–H groups in total. The highest BCUT2D eigenvalue weighted by Crippen LogP contribution is 2.29. The predicted molar refractivity (Wildman–Crippen MR) is 44.8 cm³/mol. The molecular weight excluding hydrogens is 172 g/mol. The number of fused-ring (bicyclic) bond motifs is 2. The molecule has 0 aromatic rings. The van der Waals surface area contributed by atoms with Gasteiger partial charge in [0.05, 0.1) is 25.8 Å². The number of aliphatic hydroxyl groups is 1. The lowest BCUT2D eigenvalue weighted by Gasteiger charge is -2.28. The van der Waals surface area contributed by atoms with Crippen molar-refractivity contribution in [2.24, 2.45) is 0 Å². The lowest BCUT2D eigenvalue weighted by molar-refractivity contribution is -0.0998. The zero-order chi connectivity index (χ0) is 9.42. The summed E-state index contributed by atoms with van der Waals surface area (Å²) in [6, 6.07) is 0.0632. The second-order valence-corrected chi connectivity index (χ2v) is 3.51. The van der Waals surface area contributed by atoms with Gasteiger partial charge in [-0.15, -0.1) is 0 Å². The molecule has 0 aliphatic carbocycles. The Kier molecular flexibility index (Phi) is 2.13. The maximum absolute atomic E-state index is 11.6. The maximum atomic E-state index is 11.6. The highest BCUT2D eigenvalue weighted by Gasteiger charge is 2.44. The number of nitrogens with zero attached hydrogens (tertiary/aromatic N) is 2. The van der Waals surface area contributed by atoms with E-state index in [1.54, 1.807) is 4.90 Å². The minimum atomic E-state index is -0.107. The lowest BCUT2D eigenvalue weighted by Crippen LogP contribution is -2.42. The molecule has 2 unspecified atom stereocenters. The third kappa shape index (κ3) is 1.19. The SMILES string of the molecule is CON1C(=O)N2CC1CCC2CO. The summed E-state index contributed by atoms with van der Waals surface area (Å²) in [6.45, 7) is 0.744. The summed E-state index contributed by atoms with van der Waals surface area (Å²) >= 11 is 0. The van der Waals surface area contributed by atoms with Crippen LogP contribution in [0.2, 0.25) is 0 Å². The van der Waals surface area contributed by atoms with Crippen LogP contribution in [0.3, 0.4) is 0 Å². The van der Waals surface area contributed by atoms with Crippen molar-refractivity contribution >= 4 is 6.03 Å². The highest BCUT2D eigenvalue weighted by molar-refractivity contribution is 5.76. The van der Waals surface area contributed by atoms with Gasteiger partial charge in [-0.3, -0.25) is 4.84 Å². The summed E-state index contributed by atoms with van der Waals surface area (Å²) in [5.74, 6) is 0. The van der Waals surface area contributed by atoms with Crippen LogP contribution in [0.25, 0.3) is 0 Å². The second-order valence-electron chi connectivity index (χ2n) is 3.51. The van der Waals surface area contributed by atoms with Gasteiger partial charge in [0, 0.05) is 6.54 Å². The average molecular weight is 186 g/mol. The van der Waals surface area contributed by atoms with Crippen LogP contribution in [0, 0.1) is 0 Å². The normalized spacial score (nSPS) is 32.9. The standard InChI is InChI=1S/C8H14N2O3/c1-13-10-6-2-3-7(5-11)9(4-6)8(10)12/h6-7,11H,2-5H2,1H3. The zero-order valence-corrected chi connectivity index (χ0v) is 7.64. The quantitative estimate of drug-likeness (QED) is 0.650. The molecule has 0 saturated carbocycles. The van der Waals surface area contributed by atoms with E-state index in [1.807, 2.05) is 0 Å². The molecule has 2 saturated heterocycles. The summed E-state index contributed by atoms with van der Waals surface area (Å²) in [7, 11) is 1.51. The monoisotopic (exact) mass is 186 g/mol. The maximum Gasteiger partial charge on any atom is 0.344 e. The Morgan fingerprint density at radius 3 is 3.00 bits per heavy atom. The first kappa shape index (κ1) is 8.77. The van der Waals surface area contributed by atoms with E-state index >= 15 is 0 Å². The topological polar surface area (TPSA) is 53.0 Å². The number of amides is 2. The molecule has 2 amide bonds. The van der Waals surface area contributed by atoms with E-state index < -0.39 is 0 Å². The zero-order valence-electron chi connectivity index (χ0n) is 7.64. The van der Waals surface area contributed by atoms with E-state index in [9.17, 15) is 4.79 Å². The molecule has 2 rings (SSSR count). The predicted octanol–water partition coefficient (Wildman–Crippen LogP) is -0.191. The van der Waals surface area contributed by atoms with Crippen LogP contribution in [-0.2, 0) is 4.84 Å². The van der Waals surface area contributed by atoms with E-state index in [-0.39, 0.29) is 24.7 Å². The van der Waals surface area contributed by atoms with Crippen molar-refractivity contribution < 1.29 is 14.7 Å². The molecule has 2 atom stereocenters. The minimum Gasteiger partial charge on any atom is -0.394 e. The molecule has 5 heteroatoms. The van der Waals surface area contributed by atoms with Crippen molar-refractivity contribution in [1.82, 2.24) is 9.96 Å². The van der Waals surface area contributed by atoms with E-state index in [1.165, 1.54) is 12.2 Å². The van der Waals surface area contributed by atoms with Crippen molar-refractivity contribution in [2.45, 2.75) is 24.9 Å². The number of hydrogen-bond acceptors (Lipinski definition) is 3. The Morgan fingerprint density at radius 2 is 2.38 bits per heavy atom. The van der Waals surface area contributed by atoms with Crippen molar-refractivity contribution in [3.05, 3.63) is 0 Å². The van der Waals surface area contributed by atoms with Gasteiger partial charge in [0.25, 0.3) is 0 Å². The number of piperidine rings is 1. The third-order valence-electron chi connectivity index (χ3n) is 2.85. The number of hydrogen-bond donors (Lipinski definition) is 1. The van der Waals surface area contributed by atoms with Gasteiger partial charge in [-0.1, -0.05) is 0 Å². The molecule has 0 aromatic heterocycles. The van der Waals surface area contributed by atoms with Crippen LogP contribution in [0.5, 0.6) is 0 Å². The van der Waals surface area contributed by atoms with Crippen molar-refractivity contribution in [1.29, 1.82) is 0 Å². The second kappa shape index (κ2) is 3.16. The van der Waals surface area contributed by atoms with Gasteiger partial charge in [-0.25, -0.2) is 4.79 Å². The fourth-order valence-corrected chi connectivity index (χ4v) is 2.13. The first-order valence-corrected chi connectivity index (χ1v) is 4.52. The summed E-state index contributed by atoms with van der Waals surface area (Å²) in [5.41, 5.74) is 0. The van der Waals surface area contributed by atoms with Crippen LogP contribution in [0.15, 0.2) is 0 Å². The van der Waals surface area contributed by atoms with E-state index in [4.69, 9.17) is 9.94 Å². The molecule has 5 nitrogen and oxygen atoms in total. The Hall–Kier alpha value is -0.810. The Morgan fingerprint density at radius 1 is 1.62 bits per heavy atom. The largest absolute Gasteiger partial charge is 0.394 e. The van der Waals surface area contributed by atoms with Gasteiger partial charge in [0.15, 0.2) is 0 Å². The summed E-state index contributed by atoms with van der Waals surface area (Å²) in [5, 5.41) is 10.4. The van der Waals surface area contributed by atoms with E-state index in [0.717, 1.165) is 12.8 Å². The van der Waals surface area contributed by atoms with Crippen molar-refractivity contribution in [3.8, 4) is 0 Å². The fourth-order valence-electron chi connectivity index (χ4n) is 2.13. The molecule has 2 fully saturated rings. The smallest absolute Gasteiger partial charge is 0.344 e. The molecule has 2 heterocycles. The first-order valence-electron chi connectivity index (χ1n) is 4.52. The Bertz CT molecular complexity index is 221. The van der Waals surface area contributed by atoms with Gasteiger partial charge in [0.2, 0.25) is 0 Å². The summed E-state index contributed by atoms with van der Waals surface area (Å²) < 4.78 is 0. The van der Waals surface area contributed by atoms with Gasteiger partial charge in [-0.05, 0) is 12.8 Å². The summed E-state index contributed by atoms with van der Waals surface area (Å²) in [6.07, 6.45) is 1.79. The molecule has 0 aromatic carbocycles. The van der Waals surface area contributed by atoms with Crippen LogP contribution in [-0.4, -0.2) is 53.4 Å². The van der Waals surface area contributed by atoms with Crippen molar-refractivity contribution in [3.63, 3.8) is 0 Å². The molecule has 2 bridgehead atoms. The molecule has 0 spiro atoms. The first-order chi connectivity index (χ1) is 6.27. The van der Waals surface area contributed by atoms with Crippen LogP contribution < -0.4 is 0 Å². The number of carbonyl (C=O) groups excluding carboxylic acids is 1. The molecule has 74 valence electrons. The third-order valence-corrected chi connectivity index (χ3v) is 2.85. The van der Waals surface area contributed by atoms with Gasteiger partial charge < -0.3 is 10.0 Å². The van der Waals surface area contributed by atoms with Gasteiger partial charge in [-0.2, -0.15) is 5.06 Å². The highest BCUT2D eigenvalue weighted by atomic mass is 16.7. The molecule has 0 radical (unpaired) electrons. The average Bonchev–Trinajstić information content (AvgIpc) is 2.41. The number of urea groups is 1. The Balaban J connectivity index is 2.15. The number of aliphatic hydroxyl groups excluding tert-OH is 1. The van der Waals surface area contributed by atoms with E-state index in [0.29, 0.717) is 6.54 Å². The summed E-state index contributed by atoms with van der Waals surface area (Å²) in [4.78, 5) is 18.3. The molecule has 2 aliphatic rings. The van der Waals surface area contributed by atoms with E-state index in [2.05, 4.69) is 0 Å². The van der Waals surface area contributed by atoms with Crippen molar-refractivity contribution in [2.75, 3.05) is 20.3 Å². The van der Waals surface area contributed by atoms with Gasteiger partial charge in [0.1, 0.15) is 0 Å². The Labute approximate surface area is 76.8 Å². The van der Waals surface area contributed by atoms with Crippen LogP contribution >= 0.6 is 0 Å². The number of carbonyl (C=O) groups is 1. The molecule has 2 aliphatic heterocycles. The lowest BCUT2D eigenvalue weighted by atomic mass is 10.0. The fraction of sp³-hybridized carbons (Fsp3) is 0.875.